The lowest BCUT2D eigenvalue weighted by molar-refractivity contribution is 1.18. The van der Waals surface area contributed by atoms with Crippen LogP contribution in [0.5, 0.6) is 0 Å². The number of para-hydroxylation sites is 1. The molecule has 2 nitrogen and oxygen atoms in total. The molecule has 0 bridgehead atoms. The first-order valence-electron chi connectivity index (χ1n) is 5.79. The van der Waals surface area contributed by atoms with Crippen molar-refractivity contribution in [1.82, 2.24) is 0 Å². The fraction of sp³-hybridized carbons (Fsp3) is 0.200. The average molecular weight is 226 g/mol. The van der Waals surface area contributed by atoms with Crippen molar-refractivity contribution in [2.45, 2.75) is 6.92 Å². The van der Waals surface area contributed by atoms with Crippen LogP contribution < -0.4 is 10.2 Å². The Labute approximate surface area is 103 Å². The van der Waals surface area contributed by atoms with Gasteiger partial charge >= 0.3 is 0 Å². The van der Waals surface area contributed by atoms with E-state index < -0.39 is 0 Å². The van der Waals surface area contributed by atoms with Crippen molar-refractivity contribution in [3.63, 3.8) is 0 Å². The SMILES string of the molecule is CNc1cccc(N(C)c2ccccc2C)c1. The van der Waals surface area contributed by atoms with Crippen LogP contribution in [0.4, 0.5) is 17.1 Å². The van der Waals surface area contributed by atoms with Crippen LogP contribution in [0, 0.1) is 6.92 Å². The van der Waals surface area contributed by atoms with Gasteiger partial charge in [-0.3, -0.25) is 0 Å². The standard InChI is InChI=1S/C15H18N2/c1-12-7-4-5-10-15(12)17(3)14-9-6-8-13(11-14)16-2/h4-11,16H,1-3H3. The van der Waals surface area contributed by atoms with Crippen LogP contribution in [-0.2, 0) is 0 Å². The molecule has 0 atom stereocenters. The van der Waals surface area contributed by atoms with E-state index in [0.29, 0.717) is 0 Å². The molecule has 0 amide bonds. The van der Waals surface area contributed by atoms with Crippen molar-refractivity contribution in [3.05, 3.63) is 54.1 Å². The summed E-state index contributed by atoms with van der Waals surface area (Å²) in [4.78, 5) is 2.20. The summed E-state index contributed by atoms with van der Waals surface area (Å²) < 4.78 is 0. The van der Waals surface area contributed by atoms with E-state index in [0.717, 1.165) is 5.69 Å². The molecule has 2 aromatic carbocycles. The molecule has 0 saturated carbocycles. The van der Waals surface area contributed by atoms with E-state index >= 15 is 0 Å². The minimum absolute atomic E-state index is 1.13. The molecule has 0 aliphatic carbocycles. The van der Waals surface area contributed by atoms with Crippen LogP contribution in [0.1, 0.15) is 5.56 Å². The summed E-state index contributed by atoms with van der Waals surface area (Å²) in [6, 6.07) is 16.8. The summed E-state index contributed by atoms with van der Waals surface area (Å²) in [5.74, 6) is 0. The number of hydrogen-bond acceptors (Lipinski definition) is 2. The second-order valence-corrected chi connectivity index (χ2v) is 4.15. The molecule has 17 heavy (non-hydrogen) atoms. The lowest BCUT2D eigenvalue weighted by atomic mass is 10.1. The van der Waals surface area contributed by atoms with Gasteiger partial charge in [0.05, 0.1) is 0 Å². The molecule has 1 N–H and O–H groups in total. The third kappa shape index (κ3) is 2.41. The van der Waals surface area contributed by atoms with Gasteiger partial charge in [0.25, 0.3) is 0 Å². The molecular formula is C15H18N2. The Bertz CT molecular complexity index is 506. The summed E-state index contributed by atoms with van der Waals surface area (Å²) in [6.45, 7) is 2.13. The van der Waals surface area contributed by atoms with Crippen molar-refractivity contribution in [3.8, 4) is 0 Å². The monoisotopic (exact) mass is 226 g/mol. The molecule has 2 aromatic rings. The number of rotatable bonds is 3. The molecule has 0 radical (unpaired) electrons. The molecule has 0 aliphatic rings. The molecule has 0 aliphatic heterocycles. The molecule has 2 rings (SSSR count). The van der Waals surface area contributed by atoms with Crippen LogP contribution in [0.3, 0.4) is 0 Å². The molecule has 0 unspecified atom stereocenters. The van der Waals surface area contributed by atoms with Crippen molar-refractivity contribution in [2.24, 2.45) is 0 Å². The number of nitrogens with one attached hydrogen (secondary N) is 1. The van der Waals surface area contributed by atoms with Gasteiger partial charge < -0.3 is 10.2 Å². The van der Waals surface area contributed by atoms with E-state index in [1.165, 1.54) is 16.9 Å². The maximum Gasteiger partial charge on any atom is 0.0437 e. The van der Waals surface area contributed by atoms with Gasteiger partial charge in [0.1, 0.15) is 0 Å². The quantitative estimate of drug-likeness (QED) is 0.856. The molecule has 0 fully saturated rings. The normalized spacial score (nSPS) is 10.1. The van der Waals surface area contributed by atoms with Crippen LogP contribution in [0.2, 0.25) is 0 Å². The van der Waals surface area contributed by atoms with Crippen LogP contribution >= 0.6 is 0 Å². The van der Waals surface area contributed by atoms with Crippen molar-refractivity contribution < 1.29 is 0 Å². The topological polar surface area (TPSA) is 15.3 Å². The van der Waals surface area contributed by atoms with Gasteiger partial charge in [-0.05, 0) is 36.8 Å². The lowest BCUT2D eigenvalue weighted by Gasteiger charge is -2.22. The maximum atomic E-state index is 3.16. The summed E-state index contributed by atoms with van der Waals surface area (Å²) in [6.07, 6.45) is 0. The summed E-state index contributed by atoms with van der Waals surface area (Å²) in [5, 5.41) is 3.16. The van der Waals surface area contributed by atoms with Gasteiger partial charge in [-0.25, -0.2) is 0 Å². The molecule has 0 spiro atoms. The zero-order valence-corrected chi connectivity index (χ0v) is 10.6. The first-order valence-corrected chi connectivity index (χ1v) is 5.79. The Morgan fingerprint density at radius 1 is 1.00 bits per heavy atom. The Balaban J connectivity index is 2.37. The number of benzene rings is 2. The summed E-state index contributed by atoms with van der Waals surface area (Å²) in [7, 11) is 4.03. The van der Waals surface area contributed by atoms with E-state index in [2.05, 4.69) is 72.7 Å². The van der Waals surface area contributed by atoms with Crippen LogP contribution in [0.15, 0.2) is 48.5 Å². The average Bonchev–Trinajstić information content (AvgIpc) is 2.38. The molecule has 2 heteroatoms. The minimum atomic E-state index is 1.13. The van der Waals surface area contributed by atoms with Crippen molar-refractivity contribution in [1.29, 1.82) is 0 Å². The van der Waals surface area contributed by atoms with Crippen LogP contribution in [0.25, 0.3) is 0 Å². The first-order chi connectivity index (χ1) is 8.22. The summed E-state index contributed by atoms with van der Waals surface area (Å²) in [5.41, 5.74) is 4.83. The van der Waals surface area contributed by atoms with E-state index in [4.69, 9.17) is 0 Å². The molecule has 0 heterocycles. The van der Waals surface area contributed by atoms with E-state index in [9.17, 15) is 0 Å². The molecule has 0 aromatic heterocycles. The molecular weight excluding hydrogens is 208 g/mol. The fourth-order valence-electron chi connectivity index (χ4n) is 1.95. The lowest BCUT2D eigenvalue weighted by Crippen LogP contribution is -2.10. The largest absolute Gasteiger partial charge is 0.388 e. The fourth-order valence-corrected chi connectivity index (χ4v) is 1.95. The zero-order valence-electron chi connectivity index (χ0n) is 10.6. The predicted molar refractivity (Wildman–Crippen MR) is 75.2 cm³/mol. The first kappa shape index (κ1) is 11.5. The highest BCUT2D eigenvalue weighted by Crippen LogP contribution is 2.27. The second-order valence-electron chi connectivity index (χ2n) is 4.15. The third-order valence-corrected chi connectivity index (χ3v) is 3.00. The maximum absolute atomic E-state index is 3.16. The van der Waals surface area contributed by atoms with Gasteiger partial charge in [-0.1, -0.05) is 24.3 Å². The van der Waals surface area contributed by atoms with Crippen molar-refractivity contribution in [2.75, 3.05) is 24.3 Å². The smallest absolute Gasteiger partial charge is 0.0437 e. The predicted octanol–water partition coefficient (Wildman–Crippen LogP) is 3.80. The summed E-state index contributed by atoms with van der Waals surface area (Å²) >= 11 is 0. The Hall–Kier alpha value is -1.96. The van der Waals surface area contributed by atoms with Gasteiger partial charge in [0, 0.05) is 31.2 Å². The minimum Gasteiger partial charge on any atom is -0.388 e. The van der Waals surface area contributed by atoms with E-state index in [1.54, 1.807) is 0 Å². The molecule has 88 valence electrons. The van der Waals surface area contributed by atoms with Gasteiger partial charge in [0.2, 0.25) is 0 Å². The number of nitrogens with zero attached hydrogens (tertiary/aromatic N) is 1. The van der Waals surface area contributed by atoms with Crippen molar-refractivity contribution >= 4 is 17.1 Å². The number of aryl methyl sites for hydroxylation is 1. The van der Waals surface area contributed by atoms with Gasteiger partial charge in [-0.2, -0.15) is 0 Å². The Morgan fingerprint density at radius 2 is 1.76 bits per heavy atom. The highest BCUT2D eigenvalue weighted by atomic mass is 15.1. The Kier molecular flexibility index (Phi) is 3.33. The Morgan fingerprint density at radius 3 is 2.47 bits per heavy atom. The second kappa shape index (κ2) is 4.91. The zero-order chi connectivity index (χ0) is 12.3. The highest BCUT2D eigenvalue weighted by Gasteiger charge is 2.06. The van der Waals surface area contributed by atoms with Gasteiger partial charge in [-0.15, -0.1) is 0 Å². The van der Waals surface area contributed by atoms with Gasteiger partial charge in [0.15, 0.2) is 0 Å². The highest BCUT2D eigenvalue weighted by molar-refractivity contribution is 5.68. The third-order valence-electron chi connectivity index (χ3n) is 3.00. The molecule has 0 saturated heterocycles. The van der Waals surface area contributed by atoms with Crippen LogP contribution in [-0.4, -0.2) is 14.1 Å². The van der Waals surface area contributed by atoms with E-state index in [1.807, 2.05) is 7.05 Å². The number of hydrogen-bond donors (Lipinski definition) is 1. The van der Waals surface area contributed by atoms with E-state index in [-0.39, 0.29) is 0 Å². The number of anilines is 3.